The van der Waals surface area contributed by atoms with Crippen molar-refractivity contribution in [1.29, 1.82) is 0 Å². The van der Waals surface area contributed by atoms with Crippen LogP contribution < -0.4 is 9.80 Å². The van der Waals surface area contributed by atoms with E-state index in [4.69, 9.17) is 0 Å². The van der Waals surface area contributed by atoms with Gasteiger partial charge in [0.05, 0.1) is 11.4 Å². The lowest BCUT2D eigenvalue weighted by Gasteiger charge is -2.24. The number of anilines is 3. The van der Waals surface area contributed by atoms with Gasteiger partial charge >= 0.3 is 0 Å². The summed E-state index contributed by atoms with van der Waals surface area (Å²) in [5.74, 6) is 0.747. The Balaban J connectivity index is 2.13. The number of hydrogen-bond acceptors (Lipinski definition) is 4. The van der Waals surface area contributed by atoms with Crippen LogP contribution in [0, 0.1) is 0 Å². The number of aliphatic hydroxyl groups is 1. The molecule has 1 unspecified atom stereocenters. The quantitative estimate of drug-likeness (QED) is 0.808. The van der Waals surface area contributed by atoms with Gasteiger partial charge in [0.1, 0.15) is 5.82 Å². The molecule has 0 bridgehead atoms. The van der Waals surface area contributed by atoms with Gasteiger partial charge < -0.3 is 10.0 Å². The highest BCUT2D eigenvalue weighted by Crippen LogP contribution is 2.41. The van der Waals surface area contributed by atoms with Crippen LogP contribution in [-0.2, 0) is 0 Å². The number of pyridine rings is 1. The van der Waals surface area contributed by atoms with E-state index in [0.717, 1.165) is 17.2 Å². The molecule has 1 aliphatic rings. The summed E-state index contributed by atoms with van der Waals surface area (Å²) in [6.07, 6.45) is 1.02. The summed E-state index contributed by atoms with van der Waals surface area (Å²) < 4.78 is 0. The average Bonchev–Trinajstić information content (AvgIpc) is 2.64. The zero-order chi connectivity index (χ0) is 11.8. The van der Waals surface area contributed by atoms with Gasteiger partial charge in [0, 0.05) is 13.2 Å². The number of benzene rings is 1. The van der Waals surface area contributed by atoms with Crippen LogP contribution in [0.4, 0.5) is 17.2 Å². The topological polar surface area (TPSA) is 39.6 Å². The largest absolute Gasteiger partial charge is 0.356 e. The van der Waals surface area contributed by atoms with Crippen LogP contribution in [0.1, 0.15) is 0 Å². The van der Waals surface area contributed by atoms with Crippen LogP contribution in [0.25, 0.3) is 0 Å². The number of fused-ring (bicyclic) bond motifs is 1. The first-order chi connectivity index (χ1) is 8.29. The lowest BCUT2D eigenvalue weighted by atomic mass is 10.2. The molecule has 4 heteroatoms. The molecule has 0 saturated carbocycles. The molecule has 0 amide bonds. The summed E-state index contributed by atoms with van der Waals surface area (Å²) >= 11 is 0. The highest BCUT2D eigenvalue weighted by Gasteiger charge is 2.33. The van der Waals surface area contributed by atoms with E-state index >= 15 is 0 Å². The normalized spacial score (nSPS) is 18.4. The fraction of sp³-hybridized carbons (Fsp3) is 0.154. The molecule has 1 N–H and O–H groups in total. The predicted octanol–water partition coefficient (Wildman–Crippen LogP) is 1.95. The van der Waals surface area contributed by atoms with Crippen molar-refractivity contribution in [2.24, 2.45) is 0 Å². The number of aromatic nitrogens is 1. The van der Waals surface area contributed by atoms with Gasteiger partial charge in [0.25, 0.3) is 0 Å². The van der Waals surface area contributed by atoms with E-state index in [2.05, 4.69) is 4.98 Å². The molecule has 0 fully saturated rings. The molecule has 0 aliphatic carbocycles. The van der Waals surface area contributed by atoms with E-state index in [1.165, 1.54) is 0 Å². The van der Waals surface area contributed by atoms with E-state index in [1.807, 2.05) is 59.3 Å². The fourth-order valence-electron chi connectivity index (χ4n) is 2.13. The summed E-state index contributed by atoms with van der Waals surface area (Å²) in [4.78, 5) is 7.92. The van der Waals surface area contributed by atoms with Gasteiger partial charge in [-0.1, -0.05) is 18.2 Å². The molecular weight excluding hydrogens is 214 g/mol. The maximum atomic E-state index is 10.2. The second kappa shape index (κ2) is 3.75. The third kappa shape index (κ3) is 1.45. The number of nitrogens with zero attached hydrogens (tertiary/aromatic N) is 3. The molecule has 2 aromatic rings. The molecule has 1 aromatic carbocycles. The van der Waals surface area contributed by atoms with Crippen molar-refractivity contribution in [1.82, 2.24) is 4.98 Å². The first-order valence-corrected chi connectivity index (χ1v) is 5.49. The van der Waals surface area contributed by atoms with Gasteiger partial charge in [-0.2, -0.15) is 0 Å². The van der Waals surface area contributed by atoms with Crippen molar-refractivity contribution in [2.45, 2.75) is 6.35 Å². The molecule has 0 spiro atoms. The number of para-hydroxylation sites is 2. The first-order valence-electron chi connectivity index (χ1n) is 5.49. The van der Waals surface area contributed by atoms with E-state index in [9.17, 15) is 5.11 Å². The Morgan fingerprint density at radius 1 is 1.06 bits per heavy atom. The minimum absolute atomic E-state index is 0.706. The molecule has 17 heavy (non-hydrogen) atoms. The Bertz CT molecular complexity index is 529. The van der Waals surface area contributed by atoms with Crippen molar-refractivity contribution < 1.29 is 5.11 Å². The zero-order valence-electron chi connectivity index (χ0n) is 9.49. The lowest BCUT2D eigenvalue weighted by molar-refractivity contribution is 0.188. The van der Waals surface area contributed by atoms with Gasteiger partial charge in [-0.25, -0.2) is 4.98 Å². The van der Waals surface area contributed by atoms with Crippen LogP contribution >= 0.6 is 0 Å². The second-order valence-electron chi connectivity index (χ2n) is 4.00. The maximum absolute atomic E-state index is 10.2. The maximum Gasteiger partial charge on any atom is 0.213 e. The van der Waals surface area contributed by atoms with Gasteiger partial charge in [0.2, 0.25) is 6.35 Å². The second-order valence-corrected chi connectivity index (χ2v) is 4.00. The lowest BCUT2D eigenvalue weighted by Crippen LogP contribution is -2.38. The van der Waals surface area contributed by atoms with Crippen molar-refractivity contribution in [3.8, 4) is 0 Å². The SMILES string of the molecule is CN1c2ccccc2N(c2ccccn2)C1O. The van der Waals surface area contributed by atoms with E-state index < -0.39 is 6.35 Å². The third-order valence-electron chi connectivity index (χ3n) is 2.99. The van der Waals surface area contributed by atoms with E-state index in [-0.39, 0.29) is 0 Å². The van der Waals surface area contributed by atoms with E-state index in [1.54, 1.807) is 6.20 Å². The summed E-state index contributed by atoms with van der Waals surface area (Å²) in [5, 5.41) is 10.2. The molecule has 4 nitrogen and oxygen atoms in total. The molecule has 2 heterocycles. The van der Waals surface area contributed by atoms with Gasteiger partial charge in [-0.3, -0.25) is 4.90 Å². The van der Waals surface area contributed by atoms with Crippen LogP contribution in [0.3, 0.4) is 0 Å². The predicted molar refractivity (Wildman–Crippen MR) is 67.2 cm³/mol. The molecular formula is C13H13N3O. The summed E-state index contributed by atoms with van der Waals surface area (Å²) in [5.41, 5.74) is 1.98. The highest BCUT2D eigenvalue weighted by molar-refractivity contribution is 5.81. The summed E-state index contributed by atoms with van der Waals surface area (Å²) in [6, 6.07) is 13.6. The number of hydrogen-bond donors (Lipinski definition) is 1. The first kappa shape index (κ1) is 10.1. The standard InChI is InChI=1S/C13H13N3O/c1-15-10-6-2-3-7-11(10)16(13(15)17)12-8-4-5-9-14-12/h2-9,13,17H,1H3. The Kier molecular flexibility index (Phi) is 2.23. The highest BCUT2D eigenvalue weighted by atomic mass is 16.3. The number of rotatable bonds is 1. The van der Waals surface area contributed by atoms with Crippen LogP contribution in [0.15, 0.2) is 48.7 Å². The Morgan fingerprint density at radius 2 is 1.76 bits per heavy atom. The summed E-state index contributed by atoms with van der Waals surface area (Å²) in [7, 11) is 1.87. The third-order valence-corrected chi connectivity index (χ3v) is 2.99. The van der Waals surface area contributed by atoms with Crippen molar-refractivity contribution in [3.63, 3.8) is 0 Å². The monoisotopic (exact) mass is 227 g/mol. The van der Waals surface area contributed by atoms with Crippen LogP contribution in [0.5, 0.6) is 0 Å². The fourth-order valence-corrected chi connectivity index (χ4v) is 2.13. The van der Waals surface area contributed by atoms with Crippen molar-refractivity contribution >= 4 is 17.2 Å². The Morgan fingerprint density at radius 3 is 2.47 bits per heavy atom. The minimum Gasteiger partial charge on any atom is -0.356 e. The van der Waals surface area contributed by atoms with Gasteiger partial charge in [0.15, 0.2) is 0 Å². The minimum atomic E-state index is -0.706. The van der Waals surface area contributed by atoms with Crippen LogP contribution in [0.2, 0.25) is 0 Å². The average molecular weight is 227 g/mol. The molecule has 86 valence electrons. The molecule has 1 atom stereocenters. The Hall–Kier alpha value is -2.07. The molecule has 1 aliphatic heterocycles. The molecule has 1 aromatic heterocycles. The molecule has 3 rings (SSSR count). The van der Waals surface area contributed by atoms with Crippen molar-refractivity contribution in [2.75, 3.05) is 16.8 Å². The smallest absolute Gasteiger partial charge is 0.213 e. The summed E-state index contributed by atoms with van der Waals surface area (Å²) in [6.45, 7) is 0. The van der Waals surface area contributed by atoms with Crippen LogP contribution in [-0.4, -0.2) is 23.5 Å². The van der Waals surface area contributed by atoms with Crippen molar-refractivity contribution in [3.05, 3.63) is 48.7 Å². The Labute approximate surface area is 99.7 Å². The van der Waals surface area contributed by atoms with Gasteiger partial charge in [-0.05, 0) is 24.3 Å². The molecule has 0 radical (unpaired) electrons. The molecule has 0 saturated heterocycles. The number of aliphatic hydroxyl groups excluding tert-OH is 1. The van der Waals surface area contributed by atoms with E-state index in [0.29, 0.717) is 0 Å². The van der Waals surface area contributed by atoms with Gasteiger partial charge in [-0.15, -0.1) is 0 Å². The zero-order valence-corrected chi connectivity index (χ0v) is 9.49.